The molecule has 0 aromatic heterocycles. The molecule has 0 unspecified atom stereocenters. The summed E-state index contributed by atoms with van der Waals surface area (Å²) in [5.74, 6) is -0.0146. The third kappa shape index (κ3) is 4.31. The molecule has 0 atom stereocenters. The molecule has 1 saturated carbocycles. The topological polar surface area (TPSA) is 52.3 Å². The Labute approximate surface area is 114 Å². The molecule has 4 heteroatoms. The van der Waals surface area contributed by atoms with Gasteiger partial charge in [0, 0.05) is 6.04 Å². The number of halogens is 1. The molecule has 100 valence electrons. The van der Waals surface area contributed by atoms with Crippen LogP contribution in [-0.2, 0) is 16.1 Å². The van der Waals surface area contributed by atoms with E-state index in [1.54, 1.807) is 0 Å². The Morgan fingerprint density at radius 2 is 1.78 bits per heavy atom. The maximum atomic E-state index is 11.8. The Kier molecular flexibility index (Phi) is 6.16. The Morgan fingerprint density at radius 1 is 1.17 bits per heavy atom. The van der Waals surface area contributed by atoms with Crippen LogP contribution in [0.4, 0.5) is 0 Å². The van der Waals surface area contributed by atoms with Crippen LogP contribution in [0, 0.1) is 5.92 Å². The molecule has 3 nitrogen and oxygen atoms in total. The van der Waals surface area contributed by atoms with Crippen molar-refractivity contribution in [2.75, 3.05) is 0 Å². The second-order valence-electron chi connectivity index (χ2n) is 4.71. The van der Waals surface area contributed by atoms with Gasteiger partial charge < -0.3 is 10.5 Å². The van der Waals surface area contributed by atoms with Gasteiger partial charge in [-0.05, 0) is 31.2 Å². The number of hydrogen-bond donors (Lipinski definition) is 1. The van der Waals surface area contributed by atoms with E-state index in [9.17, 15) is 4.79 Å². The van der Waals surface area contributed by atoms with Crippen LogP contribution in [0.3, 0.4) is 0 Å². The van der Waals surface area contributed by atoms with Gasteiger partial charge in [0.15, 0.2) is 0 Å². The number of hydrogen-bond acceptors (Lipinski definition) is 3. The van der Waals surface area contributed by atoms with Crippen molar-refractivity contribution in [2.24, 2.45) is 11.7 Å². The molecular formula is C14H20ClNO2. The third-order valence-electron chi connectivity index (χ3n) is 3.33. The second kappa shape index (κ2) is 7.39. The van der Waals surface area contributed by atoms with E-state index in [2.05, 4.69) is 0 Å². The molecule has 18 heavy (non-hydrogen) atoms. The standard InChI is InChI=1S/C14H19NO2.ClH/c15-13-8-6-12(7-9-13)14(16)17-10-11-4-2-1-3-5-11;/h1-5,12-13H,6-10,15H2;1H/t12-,13-;. The van der Waals surface area contributed by atoms with Gasteiger partial charge in [0.1, 0.15) is 6.61 Å². The minimum atomic E-state index is -0.0687. The quantitative estimate of drug-likeness (QED) is 0.859. The van der Waals surface area contributed by atoms with Crippen LogP contribution < -0.4 is 5.73 Å². The minimum absolute atomic E-state index is 0. The lowest BCUT2D eigenvalue weighted by Gasteiger charge is -2.24. The largest absolute Gasteiger partial charge is 0.461 e. The minimum Gasteiger partial charge on any atom is -0.461 e. The molecule has 1 aromatic rings. The summed E-state index contributed by atoms with van der Waals surface area (Å²) in [4.78, 5) is 11.8. The first-order valence-corrected chi connectivity index (χ1v) is 6.22. The van der Waals surface area contributed by atoms with Gasteiger partial charge in [0.05, 0.1) is 5.92 Å². The summed E-state index contributed by atoms with van der Waals surface area (Å²) in [6, 6.07) is 10.0. The molecule has 2 N–H and O–H groups in total. The zero-order chi connectivity index (χ0) is 12.1. The van der Waals surface area contributed by atoms with Gasteiger partial charge in [-0.2, -0.15) is 0 Å². The number of benzene rings is 1. The van der Waals surface area contributed by atoms with Crippen molar-refractivity contribution < 1.29 is 9.53 Å². The Bertz CT molecular complexity index is 361. The maximum Gasteiger partial charge on any atom is 0.309 e. The highest BCUT2D eigenvalue weighted by atomic mass is 35.5. The SMILES string of the molecule is Cl.N[C@H]1CC[C@H](C(=O)OCc2ccccc2)CC1. The molecule has 0 bridgehead atoms. The average molecular weight is 270 g/mol. The lowest BCUT2D eigenvalue weighted by Crippen LogP contribution is -2.30. The Hall–Kier alpha value is -1.06. The number of ether oxygens (including phenoxy) is 1. The fraction of sp³-hybridized carbons (Fsp3) is 0.500. The smallest absolute Gasteiger partial charge is 0.309 e. The summed E-state index contributed by atoms with van der Waals surface area (Å²) in [6.07, 6.45) is 3.61. The molecule has 0 aliphatic heterocycles. The molecular weight excluding hydrogens is 250 g/mol. The molecule has 1 aliphatic rings. The first-order chi connectivity index (χ1) is 8.25. The van der Waals surface area contributed by atoms with E-state index in [1.807, 2.05) is 30.3 Å². The van der Waals surface area contributed by atoms with Gasteiger partial charge in [0.2, 0.25) is 0 Å². The van der Waals surface area contributed by atoms with Crippen LogP contribution in [0.2, 0.25) is 0 Å². The molecule has 1 aliphatic carbocycles. The number of rotatable bonds is 3. The van der Waals surface area contributed by atoms with Gasteiger partial charge >= 0.3 is 5.97 Å². The predicted octanol–water partition coefficient (Wildman–Crippen LogP) is 2.67. The maximum absolute atomic E-state index is 11.8. The van der Waals surface area contributed by atoms with Crippen LogP contribution in [0.15, 0.2) is 30.3 Å². The van der Waals surface area contributed by atoms with Gasteiger partial charge in [0.25, 0.3) is 0 Å². The highest BCUT2D eigenvalue weighted by Crippen LogP contribution is 2.24. The lowest BCUT2D eigenvalue weighted by atomic mass is 9.86. The molecule has 0 amide bonds. The lowest BCUT2D eigenvalue weighted by molar-refractivity contribution is -0.151. The van der Waals surface area contributed by atoms with Crippen molar-refractivity contribution in [1.29, 1.82) is 0 Å². The summed E-state index contributed by atoms with van der Waals surface area (Å²) in [5, 5.41) is 0. The predicted molar refractivity (Wildman–Crippen MR) is 73.4 cm³/mol. The summed E-state index contributed by atoms with van der Waals surface area (Å²) in [6.45, 7) is 0.377. The molecule has 0 spiro atoms. The molecule has 1 aromatic carbocycles. The summed E-state index contributed by atoms with van der Waals surface area (Å²) in [7, 11) is 0. The zero-order valence-corrected chi connectivity index (χ0v) is 11.2. The van der Waals surface area contributed by atoms with E-state index in [4.69, 9.17) is 10.5 Å². The summed E-state index contributed by atoms with van der Waals surface area (Å²) < 4.78 is 5.32. The Morgan fingerprint density at radius 3 is 2.39 bits per heavy atom. The number of esters is 1. The van der Waals surface area contributed by atoms with Crippen molar-refractivity contribution >= 4 is 18.4 Å². The van der Waals surface area contributed by atoms with Gasteiger partial charge in [-0.25, -0.2) is 0 Å². The van der Waals surface area contributed by atoms with Crippen LogP contribution >= 0.6 is 12.4 Å². The van der Waals surface area contributed by atoms with Crippen molar-refractivity contribution in [3.63, 3.8) is 0 Å². The van der Waals surface area contributed by atoms with Crippen LogP contribution in [-0.4, -0.2) is 12.0 Å². The van der Waals surface area contributed by atoms with E-state index in [-0.39, 0.29) is 30.3 Å². The van der Waals surface area contributed by atoms with E-state index in [1.165, 1.54) is 0 Å². The molecule has 1 fully saturated rings. The van der Waals surface area contributed by atoms with E-state index >= 15 is 0 Å². The first kappa shape index (κ1) is 15.0. The number of nitrogens with two attached hydrogens (primary N) is 1. The van der Waals surface area contributed by atoms with Crippen molar-refractivity contribution in [3.8, 4) is 0 Å². The van der Waals surface area contributed by atoms with Crippen LogP contribution in [0.5, 0.6) is 0 Å². The van der Waals surface area contributed by atoms with Crippen LogP contribution in [0.25, 0.3) is 0 Å². The Balaban J connectivity index is 0.00000162. The summed E-state index contributed by atoms with van der Waals surface area (Å²) >= 11 is 0. The average Bonchev–Trinajstić information content (AvgIpc) is 2.38. The molecule has 0 saturated heterocycles. The van der Waals surface area contributed by atoms with E-state index in [0.717, 1.165) is 31.2 Å². The van der Waals surface area contributed by atoms with Gasteiger partial charge in [-0.15, -0.1) is 12.4 Å². The van der Waals surface area contributed by atoms with Gasteiger partial charge in [-0.1, -0.05) is 30.3 Å². The van der Waals surface area contributed by atoms with Crippen molar-refractivity contribution in [2.45, 2.75) is 38.3 Å². The monoisotopic (exact) mass is 269 g/mol. The molecule has 0 radical (unpaired) electrons. The molecule has 2 rings (SSSR count). The highest BCUT2D eigenvalue weighted by molar-refractivity contribution is 5.85. The van der Waals surface area contributed by atoms with Crippen molar-refractivity contribution in [1.82, 2.24) is 0 Å². The van der Waals surface area contributed by atoms with E-state index in [0.29, 0.717) is 6.61 Å². The normalized spacial score (nSPS) is 22.9. The highest BCUT2D eigenvalue weighted by Gasteiger charge is 2.25. The fourth-order valence-corrected chi connectivity index (χ4v) is 2.20. The fourth-order valence-electron chi connectivity index (χ4n) is 2.20. The van der Waals surface area contributed by atoms with Crippen LogP contribution in [0.1, 0.15) is 31.2 Å². The third-order valence-corrected chi connectivity index (χ3v) is 3.33. The molecule has 0 heterocycles. The second-order valence-corrected chi connectivity index (χ2v) is 4.71. The van der Waals surface area contributed by atoms with E-state index < -0.39 is 0 Å². The van der Waals surface area contributed by atoms with Crippen molar-refractivity contribution in [3.05, 3.63) is 35.9 Å². The number of carbonyl (C=O) groups excluding carboxylic acids is 1. The zero-order valence-electron chi connectivity index (χ0n) is 10.4. The van der Waals surface area contributed by atoms with Gasteiger partial charge in [-0.3, -0.25) is 4.79 Å². The number of carbonyl (C=O) groups is 1. The first-order valence-electron chi connectivity index (χ1n) is 6.22. The summed E-state index contributed by atoms with van der Waals surface area (Å²) in [5.41, 5.74) is 6.85.